The second kappa shape index (κ2) is 4.11. The van der Waals surface area contributed by atoms with Gasteiger partial charge >= 0.3 is 0 Å². The lowest BCUT2D eigenvalue weighted by Crippen LogP contribution is -2.43. The molecule has 1 atom stereocenters. The van der Waals surface area contributed by atoms with Crippen LogP contribution in [0.5, 0.6) is 0 Å². The molecule has 0 radical (unpaired) electrons. The molecule has 0 amide bonds. The quantitative estimate of drug-likeness (QED) is 0.723. The van der Waals surface area contributed by atoms with Crippen molar-refractivity contribution in [1.29, 1.82) is 0 Å². The first-order chi connectivity index (χ1) is 6.77. The van der Waals surface area contributed by atoms with Gasteiger partial charge in [-0.2, -0.15) is 0 Å². The van der Waals surface area contributed by atoms with E-state index in [9.17, 15) is 0 Å². The van der Waals surface area contributed by atoms with Gasteiger partial charge in [-0.25, -0.2) is 0 Å². The van der Waals surface area contributed by atoms with Gasteiger partial charge in [0, 0.05) is 25.7 Å². The molecule has 0 saturated carbocycles. The van der Waals surface area contributed by atoms with Crippen LogP contribution in [0.2, 0.25) is 0 Å². The van der Waals surface area contributed by atoms with Crippen LogP contribution in [-0.2, 0) is 0 Å². The van der Waals surface area contributed by atoms with Crippen molar-refractivity contribution in [2.24, 2.45) is 0 Å². The zero-order chi connectivity index (χ0) is 9.97. The first-order valence-electron chi connectivity index (χ1n) is 5.25. The third-order valence-electron chi connectivity index (χ3n) is 2.94. The number of rotatable bonds is 1. The third kappa shape index (κ3) is 1.97. The molecule has 14 heavy (non-hydrogen) atoms. The Labute approximate surface area is 85.9 Å². The van der Waals surface area contributed by atoms with Gasteiger partial charge in [0.25, 0.3) is 0 Å². The number of likely N-dealkylation sites (N-methyl/N-ethyl adjacent to an activating group) is 1. The van der Waals surface area contributed by atoms with Crippen LogP contribution >= 0.6 is 0 Å². The molecule has 2 nitrogen and oxygen atoms in total. The molecule has 0 unspecified atom stereocenters. The topological polar surface area (TPSA) is 15.3 Å². The molecule has 1 aliphatic rings. The lowest BCUT2D eigenvalue weighted by Gasteiger charge is -2.31. The van der Waals surface area contributed by atoms with E-state index in [1.807, 2.05) is 0 Å². The zero-order valence-electron chi connectivity index (χ0n) is 8.96. The maximum Gasteiger partial charge on any atom is 0.0452 e. The van der Waals surface area contributed by atoms with E-state index >= 15 is 0 Å². The molecule has 0 aromatic heterocycles. The van der Waals surface area contributed by atoms with Gasteiger partial charge in [-0.3, -0.25) is 0 Å². The highest BCUT2D eigenvalue weighted by Crippen LogP contribution is 2.19. The fourth-order valence-corrected chi connectivity index (χ4v) is 2.08. The Hall–Kier alpha value is -0.860. The van der Waals surface area contributed by atoms with Gasteiger partial charge in [-0.15, -0.1) is 0 Å². The molecule has 1 aliphatic heterocycles. The van der Waals surface area contributed by atoms with E-state index in [0.29, 0.717) is 6.04 Å². The Balaban J connectivity index is 2.18. The van der Waals surface area contributed by atoms with E-state index in [2.05, 4.69) is 48.5 Å². The number of piperazine rings is 1. The average Bonchev–Trinajstić information content (AvgIpc) is 2.18. The van der Waals surface area contributed by atoms with E-state index in [0.717, 1.165) is 19.6 Å². The summed E-state index contributed by atoms with van der Waals surface area (Å²) in [5.74, 6) is 0. The van der Waals surface area contributed by atoms with Crippen molar-refractivity contribution in [2.75, 3.05) is 26.7 Å². The van der Waals surface area contributed by atoms with Gasteiger partial charge in [0.15, 0.2) is 0 Å². The summed E-state index contributed by atoms with van der Waals surface area (Å²) in [6.07, 6.45) is 0. The summed E-state index contributed by atoms with van der Waals surface area (Å²) < 4.78 is 0. The fourth-order valence-electron chi connectivity index (χ4n) is 2.08. The van der Waals surface area contributed by atoms with Crippen molar-refractivity contribution >= 4 is 0 Å². The highest BCUT2D eigenvalue weighted by Gasteiger charge is 2.18. The highest BCUT2D eigenvalue weighted by molar-refractivity contribution is 5.29. The molecule has 1 aromatic carbocycles. The van der Waals surface area contributed by atoms with E-state index in [-0.39, 0.29) is 0 Å². The predicted octanol–water partition coefficient (Wildman–Crippen LogP) is 1.57. The van der Waals surface area contributed by atoms with Crippen molar-refractivity contribution in [2.45, 2.75) is 13.0 Å². The molecule has 0 spiro atoms. The van der Waals surface area contributed by atoms with Crippen LogP contribution in [-0.4, -0.2) is 31.6 Å². The summed E-state index contributed by atoms with van der Waals surface area (Å²) in [7, 11) is 2.19. The van der Waals surface area contributed by atoms with Crippen LogP contribution in [0.1, 0.15) is 17.2 Å². The second-order valence-corrected chi connectivity index (χ2v) is 4.13. The second-order valence-electron chi connectivity index (χ2n) is 4.13. The molecule has 1 N–H and O–H groups in total. The number of hydrogen-bond acceptors (Lipinski definition) is 2. The Morgan fingerprint density at radius 3 is 2.86 bits per heavy atom. The first kappa shape index (κ1) is 9.69. The van der Waals surface area contributed by atoms with Crippen molar-refractivity contribution in [1.82, 2.24) is 10.2 Å². The minimum Gasteiger partial charge on any atom is -0.308 e. The maximum atomic E-state index is 3.56. The monoisotopic (exact) mass is 190 g/mol. The van der Waals surface area contributed by atoms with Crippen LogP contribution in [0.4, 0.5) is 0 Å². The first-order valence-corrected chi connectivity index (χ1v) is 5.25. The van der Waals surface area contributed by atoms with E-state index in [1.54, 1.807) is 0 Å². The molecule has 2 heteroatoms. The van der Waals surface area contributed by atoms with Gasteiger partial charge in [0.05, 0.1) is 0 Å². The molecule has 1 aromatic rings. The minimum absolute atomic E-state index is 0.509. The summed E-state index contributed by atoms with van der Waals surface area (Å²) in [6, 6.07) is 9.15. The average molecular weight is 190 g/mol. The number of benzene rings is 1. The fraction of sp³-hybridized carbons (Fsp3) is 0.500. The summed E-state index contributed by atoms with van der Waals surface area (Å²) in [4.78, 5) is 2.38. The molecule has 0 bridgehead atoms. The highest BCUT2D eigenvalue weighted by atomic mass is 15.2. The lowest BCUT2D eigenvalue weighted by atomic mass is 10.00. The Morgan fingerprint density at radius 1 is 1.36 bits per heavy atom. The van der Waals surface area contributed by atoms with Crippen LogP contribution in [0.15, 0.2) is 24.3 Å². The lowest BCUT2D eigenvalue weighted by molar-refractivity contribution is 0.240. The molecular weight excluding hydrogens is 172 g/mol. The van der Waals surface area contributed by atoms with Crippen LogP contribution in [0.3, 0.4) is 0 Å². The summed E-state index contributed by atoms with van der Waals surface area (Å²) in [5, 5.41) is 3.56. The largest absolute Gasteiger partial charge is 0.308 e. The summed E-state index contributed by atoms with van der Waals surface area (Å²) in [5.41, 5.74) is 2.83. The molecule has 1 fully saturated rings. The smallest absolute Gasteiger partial charge is 0.0452 e. The third-order valence-corrected chi connectivity index (χ3v) is 2.94. The summed E-state index contributed by atoms with van der Waals surface area (Å²) in [6.45, 7) is 5.55. The molecule has 76 valence electrons. The number of hydrogen-bond donors (Lipinski definition) is 1. The van der Waals surface area contributed by atoms with Gasteiger partial charge in [-0.05, 0) is 25.1 Å². The number of nitrogens with zero attached hydrogens (tertiary/aromatic N) is 1. The Bertz CT molecular complexity index is 309. The normalized spacial score (nSPS) is 23.7. The summed E-state index contributed by atoms with van der Waals surface area (Å²) >= 11 is 0. The van der Waals surface area contributed by atoms with Crippen LogP contribution in [0, 0.1) is 6.92 Å². The molecule has 0 aliphatic carbocycles. The van der Waals surface area contributed by atoms with Crippen molar-refractivity contribution in [3.63, 3.8) is 0 Å². The SMILES string of the molecule is Cc1ccccc1[C@H]1CN(C)CCN1. The predicted molar refractivity (Wildman–Crippen MR) is 59.4 cm³/mol. The van der Waals surface area contributed by atoms with Crippen LogP contribution in [0.25, 0.3) is 0 Å². The zero-order valence-corrected chi connectivity index (χ0v) is 8.96. The van der Waals surface area contributed by atoms with Crippen LogP contribution < -0.4 is 5.32 Å². The van der Waals surface area contributed by atoms with Crippen molar-refractivity contribution in [3.8, 4) is 0 Å². The molecule has 1 saturated heterocycles. The number of nitrogens with one attached hydrogen (secondary N) is 1. The standard InChI is InChI=1S/C12H18N2/c1-10-5-3-4-6-11(10)12-9-14(2)8-7-13-12/h3-6,12-13H,7-9H2,1-2H3/t12-/m1/s1. The van der Waals surface area contributed by atoms with Gasteiger partial charge < -0.3 is 10.2 Å². The van der Waals surface area contributed by atoms with Gasteiger partial charge in [0.1, 0.15) is 0 Å². The maximum absolute atomic E-state index is 3.56. The van der Waals surface area contributed by atoms with E-state index < -0.39 is 0 Å². The molecule has 1 heterocycles. The number of aryl methyl sites for hydroxylation is 1. The van der Waals surface area contributed by atoms with Crippen molar-refractivity contribution < 1.29 is 0 Å². The van der Waals surface area contributed by atoms with Gasteiger partial charge in [0.2, 0.25) is 0 Å². The van der Waals surface area contributed by atoms with E-state index in [1.165, 1.54) is 11.1 Å². The van der Waals surface area contributed by atoms with E-state index in [4.69, 9.17) is 0 Å². The minimum atomic E-state index is 0.509. The molecular formula is C12H18N2. The van der Waals surface area contributed by atoms with Gasteiger partial charge in [-0.1, -0.05) is 24.3 Å². The van der Waals surface area contributed by atoms with Crippen molar-refractivity contribution in [3.05, 3.63) is 35.4 Å². The Kier molecular flexibility index (Phi) is 2.85. The Morgan fingerprint density at radius 2 is 2.14 bits per heavy atom. The molecule has 2 rings (SSSR count).